The summed E-state index contributed by atoms with van der Waals surface area (Å²) in [7, 11) is 1.74. The molecule has 0 aromatic rings. The van der Waals surface area contributed by atoms with E-state index in [1.165, 1.54) is 12.8 Å². The predicted molar refractivity (Wildman–Crippen MR) is 62.4 cm³/mol. The molecule has 4 heteroatoms. The smallest absolute Gasteiger partial charge is 0.315 e. The number of hydrogen-bond acceptors (Lipinski definition) is 2. The van der Waals surface area contributed by atoms with Gasteiger partial charge in [-0.15, -0.1) is 0 Å². The molecule has 2 saturated carbocycles. The van der Waals surface area contributed by atoms with Crippen LogP contribution in [0.15, 0.2) is 0 Å². The number of nitrogens with one attached hydrogen (secondary N) is 2. The predicted octanol–water partition coefficient (Wildman–Crippen LogP) is 1.80. The van der Waals surface area contributed by atoms with Gasteiger partial charge in [0, 0.05) is 19.2 Å². The van der Waals surface area contributed by atoms with E-state index in [9.17, 15) is 4.79 Å². The van der Waals surface area contributed by atoms with Crippen LogP contribution in [0.4, 0.5) is 4.79 Å². The fourth-order valence-electron chi connectivity index (χ4n) is 2.77. The normalized spacial score (nSPS) is 30.6. The van der Waals surface area contributed by atoms with E-state index < -0.39 is 0 Å². The van der Waals surface area contributed by atoms with E-state index >= 15 is 0 Å². The van der Waals surface area contributed by atoms with Crippen molar-refractivity contribution in [2.75, 3.05) is 7.11 Å². The van der Waals surface area contributed by atoms with Crippen LogP contribution in [0.2, 0.25) is 0 Å². The average molecular weight is 226 g/mol. The monoisotopic (exact) mass is 226 g/mol. The minimum Gasteiger partial charge on any atom is -0.381 e. The van der Waals surface area contributed by atoms with Gasteiger partial charge in [-0.05, 0) is 32.1 Å². The highest BCUT2D eigenvalue weighted by molar-refractivity contribution is 5.74. The summed E-state index contributed by atoms with van der Waals surface area (Å²) in [6.45, 7) is 0. The maximum absolute atomic E-state index is 11.7. The van der Waals surface area contributed by atoms with Gasteiger partial charge in [-0.25, -0.2) is 4.79 Å². The first kappa shape index (κ1) is 11.7. The second kappa shape index (κ2) is 5.53. The Morgan fingerprint density at radius 3 is 2.38 bits per heavy atom. The largest absolute Gasteiger partial charge is 0.381 e. The zero-order valence-electron chi connectivity index (χ0n) is 10.00. The molecule has 0 aromatic carbocycles. The highest BCUT2D eigenvalue weighted by Crippen LogP contribution is 2.21. The van der Waals surface area contributed by atoms with E-state index in [4.69, 9.17) is 4.74 Å². The summed E-state index contributed by atoms with van der Waals surface area (Å²) in [5, 5.41) is 6.09. The summed E-state index contributed by atoms with van der Waals surface area (Å²) in [6.07, 6.45) is 8.16. The first-order valence-corrected chi connectivity index (χ1v) is 6.37. The van der Waals surface area contributed by atoms with Gasteiger partial charge < -0.3 is 15.4 Å². The lowest BCUT2D eigenvalue weighted by molar-refractivity contribution is 0.107. The van der Waals surface area contributed by atoms with Crippen LogP contribution in [0.5, 0.6) is 0 Å². The van der Waals surface area contributed by atoms with Crippen molar-refractivity contribution < 1.29 is 9.53 Å². The molecule has 92 valence electrons. The third-order valence-corrected chi connectivity index (χ3v) is 3.74. The number of rotatable bonds is 3. The van der Waals surface area contributed by atoms with Crippen molar-refractivity contribution in [3.63, 3.8) is 0 Å². The van der Waals surface area contributed by atoms with Gasteiger partial charge >= 0.3 is 6.03 Å². The lowest BCUT2D eigenvalue weighted by Gasteiger charge is -2.17. The van der Waals surface area contributed by atoms with E-state index in [0.29, 0.717) is 18.2 Å². The number of urea groups is 1. The Hall–Kier alpha value is -0.770. The molecule has 16 heavy (non-hydrogen) atoms. The van der Waals surface area contributed by atoms with Crippen LogP contribution >= 0.6 is 0 Å². The van der Waals surface area contributed by atoms with Crippen LogP contribution in [-0.2, 0) is 4.74 Å². The van der Waals surface area contributed by atoms with E-state index in [0.717, 1.165) is 32.1 Å². The Bertz CT molecular complexity index is 239. The molecule has 2 aliphatic carbocycles. The Kier molecular flexibility index (Phi) is 4.04. The highest BCUT2D eigenvalue weighted by atomic mass is 16.5. The second-order valence-electron chi connectivity index (χ2n) is 4.97. The van der Waals surface area contributed by atoms with E-state index in [1.807, 2.05) is 0 Å². The van der Waals surface area contributed by atoms with Crippen LogP contribution < -0.4 is 10.6 Å². The number of carbonyl (C=O) groups excluding carboxylic acids is 1. The minimum atomic E-state index is 0.00801. The van der Waals surface area contributed by atoms with Gasteiger partial charge in [0.15, 0.2) is 0 Å². The summed E-state index contributed by atoms with van der Waals surface area (Å²) in [5.41, 5.74) is 0. The van der Waals surface area contributed by atoms with Crippen molar-refractivity contribution in [1.82, 2.24) is 10.6 Å². The van der Waals surface area contributed by atoms with Gasteiger partial charge in [0.25, 0.3) is 0 Å². The molecule has 2 atom stereocenters. The van der Waals surface area contributed by atoms with Gasteiger partial charge in [-0.2, -0.15) is 0 Å². The van der Waals surface area contributed by atoms with Crippen LogP contribution in [0.25, 0.3) is 0 Å². The van der Waals surface area contributed by atoms with Crippen molar-refractivity contribution in [1.29, 1.82) is 0 Å². The SMILES string of the molecule is COC1CCC(NC(=O)NC2CCCC2)C1. The Labute approximate surface area is 97.1 Å². The zero-order chi connectivity index (χ0) is 11.4. The quantitative estimate of drug-likeness (QED) is 0.771. The van der Waals surface area contributed by atoms with Crippen LogP contribution in [0.3, 0.4) is 0 Å². The third-order valence-electron chi connectivity index (χ3n) is 3.74. The van der Waals surface area contributed by atoms with Crippen molar-refractivity contribution in [2.45, 2.75) is 63.1 Å². The van der Waals surface area contributed by atoms with Crippen LogP contribution in [0.1, 0.15) is 44.9 Å². The summed E-state index contributed by atoms with van der Waals surface area (Å²) in [5.74, 6) is 0. The van der Waals surface area contributed by atoms with Gasteiger partial charge in [0.2, 0.25) is 0 Å². The number of methoxy groups -OCH3 is 1. The molecule has 0 spiro atoms. The molecule has 0 aliphatic heterocycles. The third kappa shape index (κ3) is 3.11. The number of amides is 2. The molecule has 0 bridgehead atoms. The summed E-state index contributed by atoms with van der Waals surface area (Å²) in [4.78, 5) is 11.7. The summed E-state index contributed by atoms with van der Waals surface area (Å²) >= 11 is 0. The minimum absolute atomic E-state index is 0.00801. The maximum Gasteiger partial charge on any atom is 0.315 e. The number of hydrogen-bond donors (Lipinski definition) is 2. The van der Waals surface area contributed by atoms with E-state index in [1.54, 1.807) is 7.11 Å². The lowest BCUT2D eigenvalue weighted by atomic mass is 10.2. The molecule has 4 nitrogen and oxygen atoms in total. The molecular weight excluding hydrogens is 204 g/mol. The van der Waals surface area contributed by atoms with Crippen molar-refractivity contribution >= 4 is 6.03 Å². The Balaban J connectivity index is 1.67. The molecule has 2 fully saturated rings. The zero-order valence-corrected chi connectivity index (χ0v) is 10.00. The standard InChI is InChI=1S/C12H22N2O2/c1-16-11-7-6-10(8-11)14-12(15)13-9-4-2-3-5-9/h9-11H,2-8H2,1H3,(H2,13,14,15). The molecule has 2 N–H and O–H groups in total. The van der Waals surface area contributed by atoms with Crippen molar-refractivity contribution in [2.24, 2.45) is 0 Å². The van der Waals surface area contributed by atoms with E-state index in [-0.39, 0.29) is 6.03 Å². The van der Waals surface area contributed by atoms with Crippen LogP contribution in [0, 0.1) is 0 Å². The molecule has 2 unspecified atom stereocenters. The molecule has 2 aliphatic rings. The fourth-order valence-corrected chi connectivity index (χ4v) is 2.77. The number of carbonyl (C=O) groups is 1. The molecule has 2 amide bonds. The van der Waals surface area contributed by atoms with Crippen molar-refractivity contribution in [3.8, 4) is 0 Å². The van der Waals surface area contributed by atoms with E-state index in [2.05, 4.69) is 10.6 Å². The van der Waals surface area contributed by atoms with Gasteiger partial charge in [0.05, 0.1) is 6.10 Å². The number of ether oxygens (including phenoxy) is 1. The van der Waals surface area contributed by atoms with Gasteiger partial charge in [-0.1, -0.05) is 12.8 Å². The topological polar surface area (TPSA) is 50.4 Å². The molecule has 0 aromatic heterocycles. The summed E-state index contributed by atoms with van der Waals surface area (Å²) < 4.78 is 5.28. The molecule has 0 saturated heterocycles. The molecule has 0 heterocycles. The second-order valence-corrected chi connectivity index (χ2v) is 4.97. The fraction of sp³-hybridized carbons (Fsp3) is 0.917. The van der Waals surface area contributed by atoms with Crippen LogP contribution in [-0.4, -0.2) is 31.3 Å². The maximum atomic E-state index is 11.7. The molecule has 2 rings (SSSR count). The first-order valence-electron chi connectivity index (χ1n) is 6.37. The average Bonchev–Trinajstić information content (AvgIpc) is 2.89. The van der Waals surface area contributed by atoms with Crippen molar-refractivity contribution in [3.05, 3.63) is 0 Å². The Morgan fingerprint density at radius 2 is 1.75 bits per heavy atom. The highest BCUT2D eigenvalue weighted by Gasteiger charge is 2.26. The first-order chi connectivity index (χ1) is 7.78. The summed E-state index contributed by atoms with van der Waals surface area (Å²) in [6, 6.07) is 0.708. The lowest BCUT2D eigenvalue weighted by Crippen LogP contribution is -2.44. The van der Waals surface area contributed by atoms with Gasteiger partial charge in [0.1, 0.15) is 0 Å². The molecule has 0 radical (unpaired) electrons. The molecular formula is C12H22N2O2. The Morgan fingerprint density at radius 1 is 1.06 bits per heavy atom. The van der Waals surface area contributed by atoms with Gasteiger partial charge in [-0.3, -0.25) is 0 Å².